The highest BCUT2D eigenvalue weighted by Crippen LogP contribution is 2.30. The highest BCUT2D eigenvalue weighted by atomic mass is 19.4. The van der Waals surface area contributed by atoms with E-state index in [2.05, 4.69) is 20.3 Å². The van der Waals surface area contributed by atoms with Gasteiger partial charge in [0.15, 0.2) is 0 Å². The Morgan fingerprint density at radius 2 is 1.79 bits per heavy atom. The largest absolute Gasteiger partial charge is 0.421 e. The first-order valence-corrected chi connectivity index (χ1v) is 9.35. The van der Waals surface area contributed by atoms with Crippen LogP contribution in [0.5, 0.6) is 11.8 Å². The average Bonchev–Trinajstić information content (AvgIpc) is 2.75. The van der Waals surface area contributed by atoms with Crippen molar-refractivity contribution in [2.75, 3.05) is 11.1 Å². The molecule has 4 aromatic rings. The topological polar surface area (TPSA) is 103 Å². The summed E-state index contributed by atoms with van der Waals surface area (Å²) in [6.07, 6.45) is -3.23. The highest BCUT2D eigenvalue weighted by Gasteiger charge is 2.31. The molecule has 0 saturated heterocycles. The summed E-state index contributed by atoms with van der Waals surface area (Å²) in [6, 6.07) is 10.7. The van der Waals surface area contributed by atoms with E-state index in [4.69, 9.17) is 26.2 Å². The fraction of sp³-hybridized carbons (Fsp3) is 0.0476. The minimum atomic E-state index is -4.66. The molecule has 12 heteroatoms. The Kier molecular flexibility index (Phi) is 5.67. The summed E-state index contributed by atoms with van der Waals surface area (Å²) in [4.78, 5) is 24.9. The second kappa shape index (κ2) is 8.45. The number of pyridine rings is 1. The van der Waals surface area contributed by atoms with Gasteiger partial charge in [0.25, 0.3) is 5.91 Å². The van der Waals surface area contributed by atoms with Crippen molar-refractivity contribution in [1.82, 2.24) is 15.0 Å². The number of nitrogens with zero attached hydrogens (tertiary/aromatic N) is 3. The van der Waals surface area contributed by atoms with Crippen molar-refractivity contribution in [3.05, 3.63) is 65.9 Å². The van der Waals surface area contributed by atoms with Crippen LogP contribution in [0.25, 0.3) is 10.9 Å². The van der Waals surface area contributed by atoms with E-state index in [1.54, 1.807) is 18.2 Å². The van der Waals surface area contributed by atoms with Crippen LogP contribution in [-0.2, 0) is 6.18 Å². The summed E-state index contributed by atoms with van der Waals surface area (Å²) in [7, 11) is 11.4. The minimum Gasteiger partial charge on any atom is -0.421 e. The van der Waals surface area contributed by atoms with E-state index in [1.165, 1.54) is 24.4 Å². The normalized spacial score (nSPS) is 11.4. The van der Waals surface area contributed by atoms with Crippen LogP contribution in [-0.4, -0.2) is 36.6 Å². The first kappa shape index (κ1) is 22.1. The number of benzene rings is 2. The van der Waals surface area contributed by atoms with Crippen LogP contribution in [0.3, 0.4) is 0 Å². The molecule has 3 N–H and O–H groups in total. The van der Waals surface area contributed by atoms with Crippen molar-refractivity contribution in [3.63, 3.8) is 0 Å². The fourth-order valence-corrected chi connectivity index (χ4v) is 3.04. The number of halogens is 3. The van der Waals surface area contributed by atoms with Crippen LogP contribution in [0.1, 0.15) is 15.9 Å². The summed E-state index contributed by atoms with van der Waals surface area (Å²) >= 11 is 0. The van der Waals surface area contributed by atoms with Gasteiger partial charge in [-0.2, -0.15) is 18.2 Å². The Morgan fingerprint density at radius 3 is 2.52 bits per heavy atom. The number of fused-ring (bicyclic) bond motifs is 1. The summed E-state index contributed by atoms with van der Waals surface area (Å²) in [5, 5.41) is 2.83. The second-order valence-electron chi connectivity index (χ2n) is 6.86. The third-order valence-corrected chi connectivity index (χ3v) is 4.60. The second-order valence-corrected chi connectivity index (χ2v) is 6.86. The molecule has 0 unspecified atom stereocenters. The molecular weight excluding hydrogens is 433 g/mol. The lowest BCUT2D eigenvalue weighted by Gasteiger charge is -2.16. The van der Waals surface area contributed by atoms with E-state index < -0.39 is 17.6 Å². The van der Waals surface area contributed by atoms with Crippen LogP contribution in [0.15, 0.2) is 54.7 Å². The molecule has 0 fully saturated rings. The Bertz CT molecular complexity index is 1380. The number of nitrogen functional groups attached to an aromatic ring is 1. The van der Waals surface area contributed by atoms with Gasteiger partial charge in [0.1, 0.15) is 15.7 Å². The monoisotopic (exact) mass is 445 g/mol. The Balaban J connectivity index is 1.65. The van der Waals surface area contributed by atoms with Crippen LogP contribution in [0.2, 0.25) is 0 Å². The summed E-state index contributed by atoms with van der Waals surface area (Å²) < 4.78 is 44.9. The molecule has 1 amide bonds. The quantitative estimate of drug-likeness (QED) is 0.468. The van der Waals surface area contributed by atoms with Crippen molar-refractivity contribution in [1.29, 1.82) is 0 Å². The molecule has 4 rings (SSSR count). The standard InChI is InChI=1S/C21H12B2F3N5O2/c22-13-8-10(21(24,25)26)9-15(18(13)23)30-19(32)12-2-1-3-14-11(12)4-5-16(29-14)33-17-6-7-28-20(27)31-17/h1-9H,(H,30,32)(H2,27,28,31). The van der Waals surface area contributed by atoms with Crippen molar-refractivity contribution >= 4 is 55.1 Å². The predicted octanol–water partition coefficient (Wildman–Crippen LogP) is 2.26. The molecule has 2 aromatic heterocycles. The number of anilines is 2. The molecule has 0 saturated carbocycles. The lowest BCUT2D eigenvalue weighted by molar-refractivity contribution is -0.137. The van der Waals surface area contributed by atoms with Gasteiger partial charge in [-0.25, -0.2) is 9.97 Å². The molecule has 0 aliphatic rings. The zero-order valence-corrected chi connectivity index (χ0v) is 16.7. The molecule has 7 nitrogen and oxygen atoms in total. The molecule has 160 valence electrons. The van der Waals surface area contributed by atoms with Gasteiger partial charge in [0.05, 0.1) is 11.1 Å². The van der Waals surface area contributed by atoms with Gasteiger partial charge in [-0.15, -0.1) is 5.46 Å². The van der Waals surface area contributed by atoms with Gasteiger partial charge in [0, 0.05) is 35.0 Å². The third kappa shape index (κ3) is 4.74. The van der Waals surface area contributed by atoms with Crippen LogP contribution in [0.4, 0.5) is 24.8 Å². The fourth-order valence-electron chi connectivity index (χ4n) is 3.04. The smallest absolute Gasteiger partial charge is 0.416 e. The van der Waals surface area contributed by atoms with Crippen LogP contribution in [0, 0.1) is 0 Å². The SMILES string of the molecule is [B]c1cc(C(F)(F)F)cc(NC(=O)c2cccc3nc(Oc4ccnc(N)n4)ccc23)c1[B]. The van der Waals surface area contributed by atoms with E-state index in [0.717, 1.165) is 6.07 Å². The maximum Gasteiger partial charge on any atom is 0.416 e. The van der Waals surface area contributed by atoms with Gasteiger partial charge in [-0.05, 0) is 24.3 Å². The number of carbonyl (C=O) groups is 1. The van der Waals surface area contributed by atoms with Crippen molar-refractivity contribution in [3.8, 4) is 11.8 Å². The average molecular weight is 445 g/mol. The van der Waals surface area contributed by atoms with Gasteiger partial charge in [-0.3, -0.25) is 4.79 Å². The Labute approximate surface area is 188 Å². The summed E-state index contributed by atoms with van der Waals surface area (Å²) in [5.74, 6) is -0.291. The molecule has 33 heavy (non-hydrogen) atoms. The number of rotatable bonds is 4. The number of hydrogen-bond donors (Lipinski definition) is 2. The Morgan fingerprint density at radius 1 is 1.03 bits per heavy atom. The maximum absolute atomic E-state index is 13.1. The number of aromatic nitrogens is 3. The molecule has 4 radical (unpaired) electrons. The number of alkyl halides is 3. The zero-order valence-electron chi connectivity index (χ0n) is 16.7. The molecule has 0 aliphatic heterocycles. The van der Waals surface area contributed by atoms with Gasteiger partial charge in [0.2, 0.25) is 17.7 Å². The first-order chi connectivity index (χ1) is 15.6. The number of amides is 1. The zero-order chi connectivity index (χ0) is 23.8. The molecule has 2 aromatic carbocycles. The first-order valence-electron chi connectivity index (χ1n) is 9.35. The minimum absolute atomic E-state index is 0.0294. The van der Waals surface area contributed by atoms with E-state index >= 15 is 0 Å². The third-order valence-electron chi connectivity index (χ3n) is 4.60. The maximum atomic E-state index is 13.1. The number of carbonyl (C=O) groups excluding carboxylic acids is 1. The van der Waals surface area contributed by atoms with Crippen LogP contribution >= 0.6 is 0 Å². The lowest BCUT2D eigenvalue weighted by Crippen LogP contribution is -2.32. The highest BCUT2D eigenvalue weighted by molar-refractivity contribution is 6.51. The number of ether oxygens (including phenoxy) is 1. The van der Waals surface area contributed by atoms with Gasteiger partial charge >= 0.3 is 6.18 Å². The number of nitrogens with one attached hydrogen (secondary N) is 1. The van der Waals surface area contributed by atoms with Gasteiger partial charge in [-0.1, -0.05) is 17.6 Å². The molecule has 0 aliphatic carbocycles. The molecule has 2 heterocycles. The molecule has 0 spiro atoms. The molecule has 0 atom stereocenters. The van der Waals surface area contributed by atoms with Crippen molar-refractivity contribution < 1.29 is 22.7 Å². The summed E-state index contributed by atoms with van der Waals surface area (Å²) in [6.45, 7) is 0. The van der Waals surface area contributed by atoms with Crippen molar-refractivity contribution in [2.45, 2.75) is 6.18 Å². The van der Waals surface area contributed by atoms with Crippen LogP contribution < -0.4 is 26.7 Å². The number of nitrogens with two attached hydrogens (primary N) is 1. The Hall–Kier alpha value is -4.08. The van der Waals surface area contributed by atoms with E-state index in [-0.39, 0.29) is 39.9 Å². The predicted molar refractivity (Wildman–Crippen MR) is 118 cm³/mol. The van der Waals surface area contributed by atoms with E-state index in [9.17, 15) is 18.0 Å². The molecular formula is C21H12B2F3N5O2. The molecule has 0 bridgehead atoms. The van der Waals surface area contributed by atoms with Crippen molar-refractivity contribution in [2.24, 2.45) is 0 Å². The number of hydrogen-bond acceptors (Lipinski definition) is 6. The lowest BCUT2D eigenvalue weighted by atomic mass is 9.78. The van der Waals surface area contributed by atoms with E-state index in [0.29, 0.717) is 17.0 Å². The van der Waals surface area contributed by atoms with Gasteiger partial charge < -0.3 is 15.8 Å². The van der Waals surface area contributed by atoms with E-state index in [1.807, 2.05) is 0 Å². The summed E-state index contributed by atoms with van der Waals surface area (Å²) in [5.41, 5.74) is 4.33.